The van der Waals surface area contributed by atoms with Crippen LogP contribution in [0.3, 0.4) is 0 Å². The zero-order valence-corrected chi connectivity index (χ0v) is 9.93. The maximum absolute atomic E-state index is 13.3. The van der Waals surface area contributed by atoms with E-state index in [0.29, 0.717) is 17.9 Å². The molecule has 0 aliphatic carbocycles. The zero-order valence-electron chi connectivity index (χ0n) is 9.93. The van der Waals surface area contributed by atoms with Crippen molar-refractivity contribution >= 4 is 5.97 Å². The number of nitrogens with zero attached hydrogens (tertiary/aromatic N) is 2. The van der Waals surface area contributed by atoms with Crippen LogP contribution in [0.25, 0.3) is 11.4 Å². The number of halogens is 1. The third-order valence-electron chi connectivity index (χ3n) is 2.63. The van der Waals surface area contributed by atoms with Crippen LogP contribution < -0.4 is 0 Å². The fourth-order valence-electron chi connectivity index (χ4n) is 1.86. The average Bonchev–Trinajstić information content (AvgIpc) is 2.77. The number of rotatable bonds is 4. The molecule has 2 rings (SSSR count). The summed E-state index contributed by atoms with van der Waals surface area (Å²) < 4.78 is 15.1. The number of carbonyl (C=O) groups is 1. The molecule has 1 aromatic heterocycles. The van der Waals surface area contributed by atoms with Gasteiger partial charge in [-0.25, -0.2) is 14.2 Å². The Morgan fingerprint density at radius 1 is 1.50 bits per heavy atom. The molecule has 0 saturated heterocycles. The van der Waals surface area contributed by atoms with Crippen LogP contribution in [0.1, 0.15) is 23.7 Å². The van der Waals surface area contributed by atoms with E-state index in [0.717, 1.165) is 12.5 Å². The monoisotopic (exact) mass is 248 g/mol. The van der Waals surface area contributed by atoms with E-state index in [-0.39, 0.29) is 5.56 Å². The molecule has 0 atom stereocenters. The average molecular weight is 248 g/mol. The summed E-state index contributed by atoms with van der Waals surface area (Å²) in [5.74, 6) is -1.08. The van der Waals surface area contributed by atoms with Gasteiger partial charge in [0.25, 0.3) is 0 Å². The minimum Gasteiger partial charge on any atom is -0.478 e. The molecule has 5 heteroatoms. The smallest absolute Gasteiger partial charge is 0.336 e. The highest BCUT2D eigenvalue weighted by Gasteiger charge is 2.16. The number of hydrogen-bond donors (Lipinski definition) is 1. The maximum atomic E-state index is 13.3. The Morgan fingerprint density at radius 3 is 2.94 bits per heavy atom. The van der Waals surface area contributed by atoms with Gasteiger partial charge in [0.05, 0.1) is 5.56 Å². The van der Waals surface area contributed by atoms with E-state index in [1.54, 1.807) is 12.4 Å². The lowest BCUT2D eigenvalue weighted by atomic mass is 10.1. The van der Waals surface area contributed by atoms with Gasteiger partial charge in [-0.05, 0) is 24.6 Å². The molecule has 18 heavy (non-hydrogen) atoms. The molecule has 94 valence electrons. The Morgan fingerprint density at radius 2 is 2.28 bits per heavy atom. The standard InChI is InChI=1S/C13H13FN2O2/c1-2-6-16-7-5-15-12(16)11-8-9(14)3-4-10(11)13(17)18/h3-5,7-8H,2,6H2,1H3,(H,17,18). The van der Waals surface area contributed by atoms with E-state index < -0.39 is 11.8 Å². The summed E-state index contributed by atoms with van der Waals surface area (Å²) in [6, 6.07) is 3.61. The van der Waals surface area contributed by atoms with E-state index in [1.807, 2.05) is 11.5 Å². The van der Waals surface area contributed by atoms with Gasteiger partial charge in [-0.15, -0.1) is 0 Å². The minimum atomic E-state index is -1.09. The number of carboxylic acid groups (broad SMARTS) is 1. The fraction of sp³-hybridized carbons (Fsp3) is 0.231. The maximum Gasteiger partial charge on any atom is 0.336 e. The second kappa shape index (κ2) is 5.00. The Hall–Kier alpha value is -2.17. The molecular weight excluding hydrogens is 235 g/mol. The van der Waals surface area contributed by atoms with Crippen LogP contribution in [0, 0.1) is 5.82 Å². The van der Waals surface area contributed by atoms with Crippen molar-refractivity contribution in [1.82, 2.24) is 9.55 Å². The predicted octanol–water partition coefficient (Wildman–Crippen LogP) is 2.80. The summed E-state index contributed by atoms with van der Waals surface area (Å²) in [5.41, 5.74) is 0.362. The van der Waals surface area contributed by atoms with Crippen LogP contribution in [0.15, 0.2) is 30.6 Å². The fourth-order valence-corrected chi connectivity index (χ4v) is 1.86. The van der Waals surface area contributed by atoms with Crippen molar-refractivity contribution in [3.63, 3.8) is 0 Å². The Kier molecular flexibility index (Phi) is 3.41. The first-order valence-electron chi connectivity index (χ1n) is 5.68. The van der Waals surface area contributed by atoms with Gasteiger partial charge < -0.3 is 9.67 Å². The molecule has 2 aromatic rings. The van der Waals surface area contributed by atoms with Crippen molar-refractivity contribution in [2.45, 2.75) is 19.9 Å². The summed E-state index contributed by atoms with van der Waals surface area (Å²) in [4.78, 5) is 15.3. The first-order chi connectivity index (χ1) is 8.63. The van der Waals surface area contributed by atoms with Crippen LogP contribution in [0.2, 0.25) is 0 Å². The molecular formula is C13H13FN2O2. The lowest BCUT2D eigenvalue weighted by molar-refractivity contribution is 0.0697. The van der Waals surface area contributed by atoms with Crippen molar-refractivity contribution in [2.24, 2.45) is 0 Å². The van der Waals surface area contributed by atoms with Gasteiger partial charge in [-0.3, -0.25) is 0 Å². The van der Waals surface area contributed by atoms with Crippen LogP contribution >= 0.6 is 0 Å². The number of imidazole rings is 1. The second-order valence-electron chi connectivity index (χ2n) is 3.94. The number of aromatic nitrogens is 2. The SMILES string of the molecule is CCCn1ccnc1-c1cc(F)ccc1C(=O)O. The highest BCUT2D eigenvalue weighted by atomic mass is 19.1. The molecule has 0 aliphatic heterocycles. The number of hydrogen-bond acceptors (Lipinski definition) is 2. The number of benzene rings is 1. The number of aromatic carboxylic acids is 1. The zero-order chi connectivity index (χ0) is 13.1. The Bertz CT molecular complexity index is 578. The normalized spacial score (nSPS) is 10.6. The molecule has 0 aliphatic rings. The van der Waals surface area contributed by atoms with Crippen molar-refractivity contribution in [2.75, 3.05) is 0 Å². The molecule has 0 amide bonds. The van der Waals surface area contributed by atoms with E-state index in [4.69, 9.17) is 5.11 Å². The largest absolute Gasteiger partial charge is 0.478 e. The molecule has 0 bridgehead atoms. The number of aryl methyl sites for hydroxylation is 1. The minimum absolute atomic E-state index is 0.0555. The molecule has 0 saturated carbocycles. The van der Waals surface area contributed by atoms with E-state index in [1.165, 1.54) is 12.1 Å². The second-order valence-corrected chi connectivity index (χ2v) is 3.94. The summed E-state index contributed by atoms with van der Waals surface area (Å²) in [5, 5.41) is 9.12. The predicted molar refractivity (Wildman–Crippen MR) is 64.9 cm³/mol. The van der Waals surface area contributed by atoms with Crippen LogP contribution in [-0.2, 0) is 6.54 Å². The summed E-state index contributed by atoms with van der Waals surface area (Å²) in [6.45, 7) is 2.72. The van der Waals surface area contributed by atoms with Crippen molar-refractivity contribution in [3.05, 3.63) is 42.0 Å². The molecule has 4 nitrogen and oxygen atoms in total. The third-order valence-corrected chi connectivity index (χ3v) is 2.63. The molecule has 0 spiro atoms. The summed E-state index contributed by atoms with van der Waals surface area (Å²) in [6.07, 6.45) is 4.23. The molecule has 1 aromatic carbocycles. The van der Waals surface area contributed by atoms with Crippen LogP contribution in [0.5, 0.6) is 0 Å². The highest BCUT2D eigenvalue weighted by Crippen LogP contribution is 2.23. The van der Waals surface area contributed by atoms with E-state index in [9.17, 15) is 9.18 Å². The Labute approximate surface area is 104 Å². The van der Waals surface area contributed by atoms with E-state index >= 15 is 0 Å². The quantitative estimate of drug-likeness (QED) is 0.905. The van der Waals surface area contributed by atoms with Gasteiger partial charge in [0.2, 0.25) is 0 Å². The van der Waals surface area contributed by atoms with Gasteiger partial charge in [-0.1, -0.05) is 6.92 Å². The summed E-state index contributed by atoms with van der Waals surface area (Å²) >= 11 is 0. The lowest BCUT2D eigenvalue weighted by Crippen LogP contribution is -2.05. The molecule has 0 radical (unpaired) electrons. The first kappa shape index (κ1) is 12.3. The third kappa shape index (κ3) is 2.25. The molecule has 0 unspecified atom stereocenters. The van der Waals surface area contributed by atoms with Gasteiger partial charge >= 0.3 is 5.97 Å². The van der Waals surface area contributed by atoms with Gasteiger partial charge in [0.1, 0.15) is 11.6 Å². The van der Waals surface area contributed by atoms with Gasteiger partial charge in [0, 0.05) is 24.5 Å². The summed E-state index contributed by atoms with van der Waals surface area (Å²) in [7, 11) is 0. The van der Waals surface area contributed by atoms with Crippen molar-refractivity contribution < 1.29 is 14.3 Å². The van der Waals surface area contributed by atoms with E-state index in [2.05, 4.69) is 4.98 Å². The highest BCUT2D eigenvalue weighted by molar-refractivity contribution is 5.95. The van der Waals surface area contributed by atoms with Gasteiger partial charge in [-0.2, -0.15) is 0 Å². The molecule has 0 fully saturated rings. The van der Waals surface area contributed by atoms with Crippen molar-refractivity contribution in [3.8, 4) is 11.4 Å². The number of carboxylic acids is 1. The topological polar surface area (TPSA) is 55.1 Å². The van der Waals surface area contributed by atoms with Gasteiger partial charge in [0.15, 0.2) is 0 Å². The van der Waals surface area contributed by atoms with Crippen LogP contribution in [0.4, 0.5) is 4.39 Å². The van der Waals surface area contributed by atoms with Crippen molar-refractivity contribution in [1.29, 1.82) is 0 Å². The first-order valence-corrected chi connectivity index (χ1v) is 5.68. The molecule has 1 heterocycles. The Balaban J connectivity index is 2.58. The molecule has 1 N–H and O–H groups in total. The lowest BCUT2D eigenvalue weighted by Gasteiger charge is -2.09. The van der Waals surface area contributed by atoms with Crippen LogP contribution in [-0.4, -0.2) is 20.6 Å².